The van der Waals surface area contributed by atoms with Crippen LogP contribution in [0.5, 0.6) is 0 Å². The number of benzene rings is 1. The van der Waals surface area contributed by atoms with Crippen LogP contribution in [-0.2, 0) is 0 Å². The van der Waals surface area contributed by atoms with Crippen LogP contribution in [-0.4, -0.2) is 12.1 Å². The van der Waals surface area contributed by atoms with E-state index in [2.05, 4.69) is 30.5 Å². The van der Waals surface area contributed by atoms with Gasteiger partial charge in [-0.2, -0.15) is 5.10 Å². The van der Waals surface area contributed by atoms with Crippen LogP contribution in [0, 0.1) is 23.1 Å². The third-order valence-electron chi connectivity index (χ3n) is 5.01. The average molecular weight is 286 g/mol. The van der Waals surface area contributed by atoms with E-state index in [1.54, 1.807) is 18.3 Å². The van der Waals surface area contributed by atoms with Gasteiger partial charge < -0.3 is 0 Å². The van der Waals surface area contributed by atoms with Gasteiger partial charge in [0.25, 0.3) is 5.91 Å². The van der Waals surface area contributed by atoms with Crippen LogP contribution in [0.1, 0.15) is 37.0 Å². The molecule has 3 aliphatic carbocycles. The van der Waals surface area contributed by atoms with E-state index in [0.717, 1.165) is 12.3 Å². The Morgan fingerprint density at radius 2 is 2.19 bits per heavy atom. The Kier molecular flexibility index (Phi) is 3.40. The summed E-state index contributed by atoms with van der Waals surface area (Å²) in [7, 11) is 0. The van der Waals surface area contributed by atoms with E-state index in [4.69, 9.17) is 0 Å². The summed E-state index contributed by atoms with van der Waals surface area (Å²) in [6.45, 7) is 4.56. The largest absolute Gasteiger partial charge is 0.274 e. The summed E-state index contributed by atoms with van der Waals surface area (Å²) < 4.78 is 13.5. The summed E-state index contributed by atoms with van der Waals surface area (Å²) >= 11 is 0. The summed E-state index contributed by atoms with van der Waals surface area (Å²) in [5, 5.41) is 3.99. The molecular weight excluding hydrogens is 267 g/mol. The molecule has 3 aliphatic rings. The van der Waals surface area contributed by atoms with Gasteiger partial charge in [0, 0.05) is 0 Å². The zero-order valence-corrected chi connectivity index (χ0v) is 12.3. The molecule has 0 aliphatic heterocycles. The van der Waals surface area contributed by atoms with E-state index >= 15 is 0 Å². The van der Waals surface area contributed by atoms with Crippen LogP contribution in [0.2, 0.25) is 0 Å². The molecule has 21 heavy (non-hydrogen) atoms. The number of allylic oxidation sites excluding steroid dienone is 2. The minimum atomic E-state index is -0.537. The van der Waals surface area contributed by atoms with Gasteiger partial charge >= 0.3 is 0 Å². The molecule has 0 spiro atoms. The molecule has 2 bridgehead atoms. The Bertz CT molecular complexity index is 633. The SMILES string of the molecule is CC1(C)[C@@H]2CC=C(/C=N\NC(=O)c3ccccc3F)[C@H]1C2. The minimum Gasteiger partial charge on any atom is -0.267 e. The lowest BCUT2D eigenvalue weighted by Gasteiger charge is -2.55. The highest BCUT2D eigenvalue weighted by Gasteiger charge is 2.50. The lowest BCUT2D eigenvalue weighted by molar-refractivity contribution is -0.00126. The predicted octanol–water partition coefficient (Wildman–Crippen LogP) is 3.53. The van der Waals surface area contributed by atoms with Crippen LogP contribution < -0.4 is 5.43 Å². The van der Waals surface area contributed by atoms with E-state index in [0.29, 0.717) is 11.3 Å². The van der Waals surface area contributed by atoms with Crippen molar-refractivity contribution in [3.8, 4) is 0 Å². The third-order valence-corrected chi connectivity index (χ3v) is 5.01. The van der Waals surface area contributed by atoms with Gasteiger partial charge in [-0.05, 0) is 47.8 Å². The maximum absolute atomic E-state index is 13.5. The first-order valence-corrected chi connectivity index (χ1v) is 7.28. The maximum atomic E-state index is 13.5. The molecule has 1 aromatic rings. The molecule has 2 atom stereocenters. The van der Waals surface area contributed by atoms with Gasteiger partial charge in [0.1, 0.15) is 5.82 Å². The fourth-order valence-corrected chi connectivity index (χ4v) is 3.42. The zero-order chi connectivity index (χ0) is 15.0. The van der Waals surface area contributed by atoms with E-state index in [-0.39, 0.29) is 5.56 Å². The number of fused-ring (bicyclic) bond motifs is 1. The average Bonchev–Trinajstić information content (AvgIpc) is 2.47. The third kappa shape index (κ3) is 2.39. The first-order valence-electron chi connectivity index (χ1n) is 7.28. The Morgan fingerprint density at radius 1 is 1.43 bits per heavy atom. The van der Waals surface area contributed by atoms with Gasteiger partial charge in [0.2, 0.25) is 0 Å². The van der Waals surface area contributed by atoms with Crippen molar-refractivity contribution in [2.24, 2.45) is 22.4 Å². The molecule has 1 fully saturated rings. The normalized spacial score (nSPS) is 26.1. The molecule has 1 aromatic carbocycles. The molecule has 110 valence electrons. The molecule has 1 amide bonds. The van der Waals surface area contributed by atoms with Crippen LogP contribution in [0.15, 0.2) is 41.0 Å². The number of rotatable bonds is 3. The Labute approximate surface area is 123 Å². The number of nitrogens with one attached hydrogen (secondary N) is 1. The lowest BCUT2D eigenvalue weighted by Crippen LogP contribution is -2.48. The quantitative estimate of drug-likeness (QED) is 0.670. The highest BCUT2D eigenvalue weighted by atomic mass is 19.1. The number of hydrazone groups is 1. The molecule has 0 radical (unpaired) electrons. The number of nitrogens with zero attached hydrogens (tertiary/aromatic N) is 1. The maximum Gasteiger partial charge on any atom is 0.274 e. The Balaban J connectivity index is 1.65. The van der Waals surface area contributed by atoms with Crippen molar-refractivity contribution < 1.29 is 9.18 Å². The van der Waals surface area contributed by atoms with Gasteiger partial charge in [-0.15, -0.1) is 0 Å². The van der Waals surface area contributed by atoms with E-state index in [1.807, 2.05) is 0 Å². The molecule has 1 N–H and O–H groups in total. The highest BCUT2D eigenvalue weighted by molar-refractivity contribution is 5.95. The molecule has 4 heteroatoms. The van der Waals surface area contributed by atoms with Crippen LogP contribution in [0.4, 0.5) is 4.39 Å². The highest BCUT2D eigenvalue weighted by Crippen LogP contribution is 2.58. The van der Waals surface area contributed by atoms with Crippen LogP contribution in [0.3, 0.4) is 0 Å². The second-order valence-electron chi connectivity index (χ2n) is 6.43. The number of carbonyl (C=O) groups is 1. The summed E-state index contributed by atoms with van der Waals surface area (Å²) in [4.78, 5) is 11.8. The summed E-state index contributed by atoms with van der Waals surface area (Å²) in [6.07, 6.45) is 6.18. The smallest absolute Gasteiger partial charge is 0.267 e. The van der Waals surface area contributed by atoms with Crippen molar-refractivity contribution in [2.45, 2.75) is 26.7 Å². The van der Waals surface area contributed by atoms with Crippen LogP contribution >= 0.6 is 0 Å². The van der Waals surface area contributed by atoms with Crippen molar-refractivity contribution in [3.63, 3.8) is 0 Å². The predicted molar refractivity (Wildman–Crippen MR) is 80.4 cm³/mol. The van der Waals surface area contributed by atoms with Crippen molar-refractivity contribution in [1.82, 2.24) is 5.43 Å². The molecule has 0 heterocycles. The second-order valence-corrected chi connectivity index (χ2v) is 6.43. The standard InChI is InChI=1S/C17H19FN2O/c1-17(2)12-8-7-11(14(17)9-12)10-19-20-16(21)13-5-3-4-6-15(13)18/h3-7,10,12,14H,8-9H2,1-2H3,(H,20,21)/b19-10-/t12-,14-/m1/s1. The first kappa shape index (κ1) is 14.0. The number of halogens is 1. The van der Waals surface area contributed by atoms with Crippen molar-refractivity contribution in [3.05, 3.63) is 47.3 Å². The summed E-state index contributed by atoms with van der Waals surface area (Å²) in [5.74, 6) is 0.231. The minimum absolute atomic E-state index is 0.0105. The monoisotopic (exact) mass is 286 g/mol. The first-order chi connectivity index (χ1) is 10.00. The van der Waals surface area contributed by atoms with Gasteiger partial charge in [0.15, 0.2) is 0 Å². The Morgan fingerprint density at radius 3 is 2.86 bits per heavy atom. The van der Waals surface area contributed by atoms with Crippen molar-refractivity contribution >= 4 is 12.1 Å². The Hall–Kier alpha value is -1.97. The van der Waals surface area contributed by atoms with E-state index in [1.165, 1.54) is 24.1 Å². The van der Waals surface area contributed by atoms with Gasteiger partial charge in [-0.1, -0.05) is 32.1 Å². The van der Waals surface area contributed by atoms with Gasteiger partial charge in [-0.25, -0.2) is 9.82 Å². The molecule has 0 saturated heterocycles. The van der Waals surface area contributed by atoms with Crippen molar-refractivity contribution in [1.29, 1.82) is 0 Å². The van der Waals surface area contributed by atoms with E-state index < -0.39 is 11.7 Å². The fraction of sp³-hybridized carbons (Fsp3) is 0.412. The van der Waals surface area contributed by atoms with Gasteiger partial charge in [-0.3, -0.25) is 4.79 Å². The van der Waals surface area contributed by atoms with Crippen molar-refractivity contribution in [2.75, 3.05) is 0 Å². The second kappa shape index (κ2) is 5.10. The number of hydrogen-bond acceptors (Lipinski definition) is 2. The van der Waals surface area contributed by atoms with Gasteiger partial charge in [0.05, 0.1) is 11.8 Å². The van der Waals surface area contributed by atoms with E-state index in [9.17, 15) is 9.18 Å². The molecule has 0 aromatic heterocycles. The zero-order valence-electron chi connectivity index (χ0n) is 12.3. The number of carbonyl (C=O) groups excluding carboxylic acids is 1. The molecule has 4 rings (SSSR count). The fourth-order valence-electron chi connectivity index (χ4n) is 3.42. The molecule has 1 saturated carbocycles. The molecule has 0 unspecified atom stereocenters. The topological polar surface area (TPSA) is 41.5 Å². The van der Waals surface area contributed by atoms with Crippen LogP contribution in [0.25, 0.3) is 0 Å². The number of hydrogen-bond donors (Lipinski definition) is 1. The lowest BCUT2D eigenvalue weighted by atomic mass is 9.49. The number of amides is 1. The molecular formula is C17H19FN2O. The summed E-state index contributed by atoms with van der Waals surface area (Å²) in [5.41, 5.74) is 3.91. The summed E-state index contributed by atoms with van der Waals surface area (Å²) in [6, 6.07) is 5.89. The molecule has 3 nitrogen and oxygen atoms in total.